The van der Waals surface area contributed by atoms with Crippen LogP contribution in [0.4, 0.5) is 0 Å². The smallest absolute Gasteiger partial charge is 0.303 e. The van der Waals surface area contributed by atoms with Gasteiger partial charge in [-0.25, -0.2) is 0 Å². The van der Waals surface area contributed by atoms with E-state index in [9.17, 15) is 9.90 Å². The van der Waals surface area contributed by atoms with Crippen molar-refractivity contribution < 1.29 is 15.0 Å². The highest BCUT2D eigenvalue weighted by Gasteiger charge is 2.60. The number of allylic oxidation sites excluding steroid dienone is 1. The number of carboxylic acid groups (broad SMARTS) is 1. The summed E-state index contributed by atoms with van der Waals surface area (Å²) < 4.78 is 0. The second-order valence-corrected chi connectivity index (χ2v) is 4.12. The first-order valence-corrected chi connectivity index (χ1v) is 4.67. The van der Waals surface area contributed by atoms with Gasteiger partial charge < -0.3 is 10.2 Å². The van der Waals surface area contributed by atoms with Crippen LogP contribution in [-0.2, 0) is 4.79 Å². The number of aliphatic hydroxyl groups is 1. The maximum Gasteiger partial charge on any atom is 0.303 e. The Kier molecular flexibility index (Phi) is 1.91. The Balaban J connectivity index is 2.01. The molecule has 0 spiro atoms. The third-order valence-corrected chi connectivity index (χ3v) is 3.48. The first-order chi connectivity index (χ1) is 6.15. The molecule has 0 heterocycles. The van der Waals surface area contributed by atoms with E-state index in [1.807, 2.05) is 6.08 Å². The minimum absolute atomic E-state index is 0.0366. The van der Waals surface area contributed by atoms with Gasteiger partial charge in [0.25, 0.3) is 0 Å². The summed E-state index contributed by atoms with van der Waals surface area (Å²) in [6.07, 6.45) is 2.37. The fourth-order valence-corrected chi connectivity index (χ4v) is 2.86. The van der Waals surface area contributed by atoms with Gasteiger partial charge >= 0.3 is 5.97 Å². The van der Waals surface area contributed by atoms with Gasteiger partial charge in [0, 0.05) is 0 Å². The van der Waals surface area contributed by atoms with Gasteiger partial charge in [-0.05, 0) is 30.1 Å². The van der Waals surface area contributed by atoms with Crippen molar-refractivity contribution in [2.75, 3.05) is 0 Å². The van der Waals surface area contributed by atoms with Gasteiger partial charge in [-0.1, -0.05) is 6.08 Å². The summed E-state index contributed by atoms with van der Waals surface area (Å²) in [5.74, 6) is 0.526. The highest BCUT2D eigenvalue weighted by molar-refractivity contribution is 5.67. The van der Waals surface area contributed by atoms with Crippen LogP contribution in [0.3, 0.4) is 0 Å². The van der Waals surface area contributed by atoms with E-state index in [0.29, 0.717) is 17.8 Å². The van der Waals surface area contributed by atoms with E-state index < -0.39 is 12.1 Å². The van der Waals surface area contributed by atoms with E-state index in [0.717, 1.165) is 6.42 Å². The molecule has 0 saturated heterocycles. The molecular formula is C10H14O3. The van der Waals surface area contributed by atoms with Crippen LogP contribution in [0.25, 0.3) is 0 Å². The molecule has 0 aromatic rings. The van der Waals surface area contributed by atoms with E-state index >= 15 is 0 Å². The lowest BCUT2D eigenvalue weighted by molar-refractivity contribution is -0.139. The number of aliphatic carboxylic acids is 1. The van der Waals surface area contributed by atoms with Crippen LogP contribution in [0.5, 0.6) is 0 Å². The fraction of sp³-hybridized carbons (Fsp3) is 0.700. The summed E-state index contributed by atoms with van der Waals surface area (Å²) in [4.78, 5) is 10.5. The molecule has 2 N–H and O–H groups in total. The van der Waals surface area contributed by atoms with Crippen molar-refractivity contribution in [1.29, 1.82) is 0 Å². The molecule has 0 aromatic heterocycles. The maximum absolute atomic E-state index is 10.5. The lowest BCUT2D eigenvalue weighted by Gasteiger charge is -2.16. The van der Waals surface area contributed by atoms with Crippen molar-refractivity contribution in [2.24, 2.45) is 23.7 Å². The van der Waals surface area contributed by atoms with Crippen LogP contribution in [0, 0.1) is 23.7 Å². The molecule has 13 heavy (non-hydrogen) atoms. The van der Waals surface area contributed by atoms with Gasteiger partial charge in [0.2, 0.25) is 0 Å². The molecule has 2 rings (SSSR count). The molecule has 5 atom stereocenters. The minimum Gasteiger partial charge on any atom is -0.481 e. The summed E-state index contributed by atoms with van der Waals surface area (Å²) >= 11 is 0. The molecule has 2 fully saturated rings. The number of carboxylic acids is 1. The van der Waals surface area contributed by atoms with E-state index in [4.69, 9.17) is 5.11 Å². The number of fused-ring (bicyclic) bond motifs is 1. The standard InChI is InChI=1S/C10H14O3/c1-2-5-6-3-8(11)7(10(5)6)4-9(12)13/h2,5-8,10-11H,1,3-4H2,(H,12,13). The quantitative estimate of drug-likeness (QED) is 0.637. The summed E-state index contributed by atoms with van der Waals surface area (Å²) in [5, 5.41) is 18.2. The Morgan fingerprint density at radius 3 is 2.85 bits per heavy atom. The number of aliphatic hydroxyl groups excluding tert-OH is 1. The lowest BCUT2D eigenvalue weighted by Crippen LogP contribution is -2.22. The largest absolute Gasteiger partial charge is 0.481 e. The molecule has 3 nitrogen and oxygen atoms in total. The summed E-state index contributed by atoms with van der Waals surface area (Å²) in [6, 6.07) is 0. The molecule has 2 saturated carbocycles. The molecule has 72 valence electrons. The molecule has 5 unspecified atom stereocenters. The first-order valence-electron chi connectivity index (χ1n) is 4.67. The number of hydrogen-bond donors (Lipinski definition) is 2. The van der Waals surface area contributed by atoms with E-state index in [2.05, 4.69) is 6.58 Å². The highest BCUT2D eigenvalue weighted by Crippen LogP contribution is 2.61. The monoisotopic (exact) mass is 182 g/mol. The Bertz CT molecular complexity index is 249. The normalized spacial score (nSPS) is 47.0. The van der Waals surface area contributed by atoms with Gasteiger partial charge in [0.15, 0.2) is 0 Å². The molecule has 0 radical (unpaired) electrons. The molecule has 2 aliphatic carbocycles. The van der Waals surface area contributed by atoms with Crippen LogP contribution in [0.2, 0.25) is 0 Å². The van der Waals surface area contributed by atoms with Crippen LogP contribution < -0.4 is 0 Å². The highest BCUT2D eigenvalue weighted by atomic mass is 16.4. The van der Waals surface area contributed by atoms with Gasteiger partial charge in [-0.15, -0.1) is 6.58 Å². The Hall–Kier alpha value is -0.830. The van der Waals surface area contributed by atoms with Crippen molar-refractivity contribution in [1.82, 2.24) is 0 Å². The van der Waals surface area contributed by atoms with Crippen LogP contribution in [-0.4, -0.2) is 22.3 Å². The average Bonchev–Trinajstić information content (AvgIpc) is 2.64. The van der Waals surface area contributed by atoms with Crippen molar-refractivity contribution in [3.63, 3.8) is 0 Å². The van der Waals surface area contributed by atoms with Crippen LogP contribution >= 0.6 is 0 Å². The second kappa shape index (κ2) is 2.84. The first kappa shape index (κ1) is 8.75. The molecule has 0 aliphatic heterocycles. The predicted molar refractivity (Wildman–Crippen MR) is 47.0 cm³/mol. The molecule has 2 aliphatic rings. The minimum atomic E-state index is -0.806. The summed E-state index contributed by atoms with van der Waals surface area (Å²) in [7, 11) is 0. The molecule has 0 bridgehead atoms. The SMILES string of the molecule is C=CC1C2CC(O)C(CC(=O)O)C12. The van der Waals surface area contributed by atoms with E-state index in [-0.39, 0.29) is 12.3 Å². The lowest BCUT2D eigenvalue weighted by atomic mass is 9.94. The zero-order valence-corrected chi connectivity index (χ0v) is 7.39. The predicted octanol–water partition coefficient (Wildman–Crippen LogP) is 0.890. The topological polar surface area (TPSA) is 57.5 Å². The van der Waals surface area contributed by atoms with Gasteiger partial charge in [0.1, 0.15) is 0 Å². The maximum atomic E-state index is 10.5. The van der Waals surface area contributed by atoms with E-state index in [1.54, 1.807) is 0 Å². The molecular weight excluding hydrogens is 168 g/mol. The van der Waals surface area contributed by atoms with Gasteiger partial charge in [-0.2, -0.15) is 0 Å². The fourth-order valence-electron chi connectivity index (χ4n) is 2.86. The van der Waals surface area contributed by atoms with Crippen molar-refractivity contribution in [3.05, 3.63) is 12.7 Å². The zero-order valence-electron chi connectivity index (χ0n) is 7.39. The van der Waals surface area contributed by atoms with Crippen LogP contribution in [0.1, 0.15) is 12.8 Å². The number of rotatable bonds is 3. The number of hydrogen-bond acceptors (Lipinski definition) is 2. The van der Waals surface area contributed by atoms with Crippen molar-refractivity contribution >= 4 is 5.97 Å². The number of carbonyl (C=O) groups is 1. The second-order valence-electron chi connectivity index (χ2n) is 4.12. The van der Waals surface area contributed by atoms with Crippen molar-refractivity contribution in [2.45, 2.75) is 18.9 Å². The van der Waals surface area contributed by atoms with E-state index in [1.165, 1.54) is 0 Å². The van der Waals surface area contributed by atoms with Crippen molar-refractivity contribution in [3.8, 4) is 0 Å². The molecule has 3 heteroatoms. The average molecular weight is 182 g/mol. The molecule has 0 aromatic carbocycles. The van der Waals surface area contributed by atoms with Gasteiger partial charge in [0.05, 0.1) is 12.5 Å². The summed E-state index contributed by atoms with van der Waals surface area (Å²) in [6.45, 7) is 3.71. The summed E-state index contributed by atoms with van der Waals surface area (Å²) in [5.41, 5.74) is 0. The third kappa shape index (κ3) is 1.27. The Morgan fingerprint density at radius 1 is 1.62 bits per heavy atom. The molecule has 0 amide bonds. The Morgan fingerprint density at radius 2 is 2.31 bits per heavy atom. The van der Waals surface area contributed by atoms with Gasteiger partial charge in [-0.3, -0.25) is 4.79 Å². The third-order valence-electron chi connectivity index (χ3n) is 3.48. The zero-order chi connectivity index (χ0) is 9.59. The Labute approximate surface area is 77.1 Å². The van der Waals surface area contributed by atoms with Crippen LogP contribution in [0.15, 0.2) is 12.7 Å².